The third kappa shape index (κ3) is 4.12. The smallest absolute Gasteiger partial charge is 0.151 e. The zero-order valence-electron chi connectivity index (χ0n) is 16.5. The molecule has 0 saturated heterocycles. The second kappa shape index (κ2) is 8.61. The molecule has 3 nitrogen and oxygen atoms in total. The van der Waals surface area contributed by atoms with E-state index in [1.165, 1.54) is 16.0 Å². The Balaban J connectivity index is 1.37. The Hall–Kier alpha value is -2.59. The zero-order valence-corrected chi connectivity index (χ0v) is 17.3. The van der Waals surface area contributed by atoms with Gasteiger partial charge in [-0.15, -0.1) is 11.3 Å². The van der Waals surface area contributed by atoms with Crippen molar-refractivity contribution in [2.75, 3.05) is 6.61 Å². The second-order valence-electron chi connectivity index (χ2n) is 7.33. The molecule has 0 aliphatic carbocycles. The number of hydrogen-bond donors (Lipinski definition) is 0. The zero-order chi connectivity index (χ0) is 19.3. The van der Waals surface area contributed by atoms with Gasteiger partial charge in [-0.05, 0) is 60.0 Å². The number of unbranched alkanes of at least 4 members (excludes halogenated alkanes) is 1. The molecule has 4 heteroatoms. The second-order valence-corrected chi connectivity index (χ2v) is 8.28. The first-order chi connectivity index (χ1) is 13.7. The highest BCUT2D eigenvalue weighted by atomic mass is 32.1. The largest absolute Gasteiger partial charge is 0.494 e. The van der Waals surface area contributed by atoms with Gasteiger partial charge >= 0.3 is 0 Å². The quantitative estimate of drug-likeness (QED) is 0.311. The first kappa shape index (κ1) is 18.8. The van der Waals surface area contributed by atoms with Crippen LogP contribution in [0.1, 0.15) is 38.2 Å². The molecule has 2 heterocycles. The van der Waals surface area contributed by atoms with Gasteiger partial charge in [-0.25, -0.2) is 4.98 Å². The van der Waals surface area contributed by atoms with Crippen molar-refractivity contribution in [2.24, 2.45) is 0 Å². The Bertz CT molecular complexity index is 1020. The molecule has 0 aliphatic heterocycles. The number of thiophene rings is 1. The van der Waals surface area contributed by atoms with Crippen molar-refractivity contribution in [3.63, 3.8) is 0 Å². The summed E-state index contributed by atoms with van der Waals surface area (Å²) in [4.78, 5) is 6.09. The third-order valence-electron chi connectivity index (χ3n) is 4.99. The first-order valence-corrected chi connectivity index (χ1v) is 10.8. The predicted molar refractivity (Wildman–Crippen MR) is 118 cm³/mol. The Kier molecular flexibility index (Phi) is 5.77. The van der Waals surface area contributed by atoms with Crippen molar-refractivity contribution in [1.29, 1.82) is 0 Å². The molecule has 0 radical (unpaired) electrons. The molecule has 0 saturated carbocycles. The average molecular weight is 391 g/mol. The van der Waals surface area contributed by atoms with E-state index in [4.69, 9.17) is 9.72 Å². The van der Waals surface area contributed by atoms with Crippen LogP contribution in [0.4, 0.5) is 0 Å². The lowest BCUT2D eigenvalue weighted by atomic mass is 10.0. The van der Waals surface area contributed by atoms with E-state index in [-0.39, 0.29) is 0 Å². The number of hydrogen-bond acceptors (Lipinski definition) is 3. The van der Waals surface area contributed by atoms with Gasteiger partial charge in [-0.3, -0.25) is 0 Å². The number of aromatic nitrogens is 2. The Morgan fingerprint density at radius 1 is 0.964 bits per heavy atom. The van der Waals surface area contributed by atoms with Crippen LogP contribution in [0.25, 0.3) is 21.7 Å². The number of ether oxygens (including phenoxy) is 1. The van der Waals surface area contributed by atoms with Crippen LogP contribution in [0.15, 0.2) is 66.0 Å². The minimum absolute atomic E-state index is 0.552. The van der Waals surface area contributed by atoms with Crippen LogP contribution in [0.3, 0.4) is 0 Å². The van der Waals surface area contributed by atoms with Gasteiger partial charge in [0.2, 0.25) is 0 Å². The molecule has 28 heavy (non-hydrogen) atoms. The van der Waals surface area contributed by atoms with Gasteiger partial charge in [-0.1, -0.05) is 44.2 Å². The average Bonchev–Trinajstić information content (AvgIpc) is 3.36. The Morgan fingerprint density at radius 2 is 1.79 bits per heavy atom. The van der Waals surface area contributed by atoms with Crippen LogP contribution in [0.2, 0.25) is 0 Å². The molecule has 0 N–H and O–H groups in total. The van der Waals surface area contributed by atoms with E-state index >= 15 is 0 Å². The first-order valence-electron chi connectivity index (χ1n) is 9.94. The summed E-state index contributed by atoms with van der Waals surface area (Å²) in [5.74, 6) is 2.58. The SMILES string of the molecule is CC(C)c1ccc(OCCCCn2c(-c3cccs3)nc3ccccc32)cc1. The number of fused-ring (bicyclic) bond motifs is 1. The highest BCUT2D eigenvalue weighted by Gasteiger charge is 2.12. The predicted octanol–water partition coefficient (Wildman–Crippen LogP) is 6.75. The summed E-state index contributed by atoms with van der Waals surface area (Å²) < 4.78 is 8.27. The maximum atomic E-state index is 5.93. The van der Waals surface area contributed by atoms with E-state index in [1.807, 2.05) is 0 Å². The van der Waals surface area contributed by atoms with E-state index in [1.54, 1.807) is 11.3 Å². The van der Waals surface area contributed by atoms with Crippen LogP contribution in [0.5, 0.6) is 5.75 Å². The molecule has 0 amide bonds. The van der Waals surface area contributed by atoms with Crippen molar-refractivity contribution in [2.45, 2.75) is 39.2 Å². The Labute approximate surface area is 170 Å². The lowest BCUT2D eigenvalue weighted by Crippen LogP contribution is -2.03. The topological polar surface area (TPSA) is 27.1 Å². The number of para-hydroxylation sites is 2. The fourth-order valence-electron chi connectivity index (χ4n) is 3.41. The van der Waals surface area contributed by atoms with Crippen molar-refractivity contribution >= 4 is 22.4 Å². The monoisotopic (exact) mass is 390 g/mol. The van der Waals surface area contributed by atoms with Gasteiger partial charge in [0, 0.05) is 6.54 Å². The number of imidazole rings is 1. The Morgan fingerprint density at radius 3 is 2.54 bits per heavy atom. The van der Waals surface area contributed by atoms with Gasteiger partial charge in [0.05, 0.1) is 22.5 Å². The van der Waals surface area contributed by atoms with Crippen LogP contribution >= 0.6 is 11.3 Å². The molecule has 0 atom stereocenters. The van der Waals surface area contributed by atoms with Crippen LogP contribution in [-0.4, -0.2) is 16.2 Å². The van der Waals surface area contributed by atoms with Crippen molar-refractivity contribution in [3.8, 4) is 16.5 Å². The summed E-state index contributed by atoms with van der Waals surface area (Å²) >= 11 is 1.74. The van der Waals surface area contributed by atoms with E-state index in [2.05, 4.69) is 84.5 Å². The van der Waals surface area contributed by atoms with Crippen molar-refractivity contribution < 1.29 is 4.74 Å². The molecule has 2 aromatic carbocycles. The molecule has 0 unspecified atom stereocenters. The lowest BCUT2D eigenvalue weighted by molar-refractivity contribution is 0.303. The van der Waals surface area contributed by atoms with E-state index < -0.39 is 0 Å². The minimum Gasteiger partial charge on any atom is -0.494 e. The van der Waals surface area contributed by atoms with Gasteiger partial charge in [0.15, 0.2) is 5.82 Å². The normalized spacial score (nSPS) is 11.4. The summed E-state index contributed by atoms with van der Waals surface area (Å²) in [5.41, 5.74) is 3.61. The van der Waals surface area contributed by atoms with E-state index in [0.717, 1.165) is 43.1 Å². The van der Waals surface area contributed by atoms with Crippen LogP contribution in [0, 0.1) is 0 Å². The fraction of sp³-hybridized carbons (Fsp3) is 0.292. The van der Waals surface area contributed by atoms with Crippen LogP contribution in [-0.2, 0) is 6.54 Å². The van der Waals surface area contributed by atoms with Gasteiger partial charge in [0.25, 0.3) is 0 Å². The number of rotatable bonds is 8. The summed E-state index contributed by atoms with van der Waals surface area (Å²) in [6.45, 7) is 6.10. The number of benzene rings is 2. The summed E-state index contributed by atoms with van der Waals surface area (Å²) in [6, 6.07) is 21.1. The van der Waals surface area contributed by atoms with E-state index in [0.29, 0.717) is 5.92 Å². The molecule has 0 spiro atoms. The van der Waals surface area contributed by atoms with Gasteiger partial charge < -0.3 is 9.30 Å². The maximum Gasteiger partial charge on any atom is 0.151 e. The molecule has 4 rings (SSSR count). The molecular weight excluding hydrogens is 364 g/mol. The fourth-order valence-corrected chi connectivity index (χ4v) is 4.13. The highest BCUT2D eigenvalue weighted by molar-refractivity contribution is 7.13. The summed E-state index contributed by atoms with van der Waals surface area (Å²) in [5, 5.41) is 2.11. The highest BCUT2D eigenvalue weighted by Crippen LogP contribution is 2.28. The van der Waals surface area contributed by atoms with Crippen molar-refractivity contribution in [1.82, 2.24) is 9.55 Å². The maximum absolute atomic E-state index is 5.93. The van der Waals surface area contributed by atoms with Gasteiger partial charge in [-0.2, -0.15) is 0 Å². The molecule has 0 fully saturated rings. The summed E-state index contributed by atoms with van der Waals surface area (Å²) in [7, 11) is 0. The number of nitrogens with zero attached hydrogens (tertiary/aromatic N) is 2. The lowest BCUT2D eigenvalue weighted by Gasteiger charge is -2.10. The van der Waals surface area contributed by atoms with Gasteiger partial charge in [0.1, 0.15) is 5.75 Å². The molecule has 0 bridgehead atoms. The minimum atomic E-state index is 0.552. The summed E-state index contributed by atoms with van der Waals surface area (Å²) in [6.07, 6.45) is 2.07. The molecule has 4 aromatic rings. The van der Waals surface area contributed by atoms with Crippen molar-refractivity contribution in [3.05, 3.63) is 71.6 Å². The molecule has 0 aliphatic rings. The molecule has 2 aromatic heterocycles. The standard InChI is InChI=1S/C24H26N2OS/c1-18(2)19-11-13-20(14-12-19)27-16-6-5-15-26-22-9-4-3-8-21(22)25-24(26)23-10-7-17-28-23/h3-4,7-14,17-18H,5-6,15-16H2,1-2H3. The van der Waals surface area contributed by atoms with Crippen LogP contribution < -0.4 is 4.74 Å². The third-order valence-corrected chi connectivity index (χ3v) is 5.85. The van der Waals surface area contributed by atoms with E-state index in [9.17, 15) is 0 Å². The number of aryl methyl sites for hydroxylation is 1. The molecular formula is C24H26N2OS. The molecule has 144 valence electrons.